The fourth-order valence-electron chi connectivity index (χ4n) is 2.11. The maximum atomic E-state index is 13.7. The van der Waals surface area contributed by atoms with Gasteiger partial charge in [-0.1, -0.05) is 23.7 Å². The standard InChI is InChI=1S/C16H13ClFN3/c17-14-3-6-16(18)12(7-14)9-21-10-13(8-20-21)11-1-4-15(19)5-2-11/h1-8,10H,9,19H2. The van der Waals surface area contributed by atoms with Crippen LogP contribution in [0.1, 0.15) is 5.56 Å². The maximum Gasteiger partial charge on any atom is 0.128 e. The minimum atomic E-state index is -0.288. The zero-order valence-electron chi connectivity index (χ0n) is 11.1. The molecule has 0 aliphatic rings. The fraction of sp³-hybridized carbons (Fsp3) is 0.0625. The van der Waals surface area contributed by atoms with Crippen LogP contribution >= 0.6 is 11.6 Å². The molecule has 3 rings (SSSR count). The monoisotopic (exact) mass is 301 g/mol. The lowest BCUT2D eigenvalue weighted by atomic mass is 10.1. The molecule has 5 heteroatoms. The first kappa shape index (κ1) is 13.6. The van der Waals surface area contributed by atoms with Crippen molar-refractivity contribution in [3.05, 3.63) is 71.3 Å². The molecule has 2 N–H and O–H groups in total. The molecular weight excluding hydrogens is 289 g/mol. The minimum absolute atomic E-state index is 0.288. The third kappa shape index (κ3) is 3.06. The van der Waals surface area contributed by atoms with Crippen molar-refractivity contribution < 1.29 is 4.39 Å². The summed E-state index contributed by atoms with van der Waals surface area (Å²) in [5.74, 6) is -0.288. The summed E-state index contributed by atoms with van der Waals surface area (Å²) in [6.07, 6.45) is 3.61. The Balaban J connectivity index is 1.85. The summed E-state index contributed by atoms with van der Waals surface area (Å²) in [5, 5.41) is 4.77. The van der Waals surface area contributed by atoms with Crippen LogP contribution in [0.4, 0.5) is 10.1 Å². The van der Waals surface area contributed by atoms with Crippen LogP contribution < -0.4 is 5.73 Å². The van der Waals surface area contributed by atoms with Crippen molar-refractivity contribution in [2.75, 3.05) is 5.73 Å². The summed E-state index contributed by atoms with van der Waals surface area (Å²) >= 11 is 5.89. The van der Waals surface area contributed by atoms with E-state index in [1.807, 2.05) is 30.5 Å². The Morgan fingerprint density at radius 1 is 1.10 bits per heavy atom. The van der Waals surface area contributed by atoms with Gasteiger partial charge in [-0.05, 0) is 35.9 Å². The predicted octanol–water partition coefficient (Wildman–Crippen LogP) is 3.97. The van der Waals surface area contributed by atoms with E-state index in [4.69, 9.17) is 17.3 Å². The lowest BCUT2D eigenvalue weighted by molar-refractivity contribution is 0.585. The number of hydrogen-bond acceptors (Lipinski definition) is 2. The van der Waals surface area contributed by atoms with Gasteiger partial charge in [-0.15, -0.1) is 0 Å². The molecule has 0 atom stereocenters. The van der Waals surface area contributed by atoms with Gasteiger partial charge >= 0.3 is 0 Å². The van der Waals surface area contributed by atoms with Gasteiger partial charge in [0, 0.05) is 28.0 Å². The Kier molecular flexibility index (Phi) is 3.62. The van der Waals surface area contributed by atoms with E-state index < -0.39 is 0 Å². The van der Waals surface area contributed by atoms with Crippen LogP contribution in [-0.2, 0) is 6.54 Å². The number of benzene rings is 2. The molecule has 0 unspecified atom stereocenters. The second-order valence-corrected chi connectivity index (χ2v) is 5.22. The zero-order valence-corrected chi connectivity index (χ0v) is 11.9. The summed E-state index contributed by atoms with van der Waals surface area (Å²) < 4.78 is 15.4. The summed E-state index contributed by atoms with van der Waals surface area (Å²) in [6, 6.07) is 12.0. The molecule has 0 saturated carbocycles. The van der Waals surface area contributed by atoms with Crippen molar-refractivity contribution in [3.63, 3.8) is 0 Å². The second-order valence-electron chi connectivity index (χ2n) is 4.78. The molecule has 0 amide bonds. The lowest BCUT2D eigenvalue weighted by Crippen LogP contribution is -2.02. The molecule has 0 radical (unpaired) electrons. The first-order valence-corrected chi connectivity index (χ1v) is 6.82. The van der Waals surface area contributed by atoms with Crippen molar-refractivity contribution in [2.45, 2.75) is 6.54 Å². The number of rotatable bonds is 3. The second kappa shape index (κ2) is 5.58. The number of hydrogen-bond donors (Lipinski definition) is 1. The molecule has 106 valence electrons. The summed E-state index contributed by atoms with van der Waals surface area (Å²) in [7, 11) is 0. The SMILES string of the molecule is Nc1ccc(-c2cnn(Cc3cc(Cl)ccc3F)c2)cc1. The van der Waals surface area contributed by atoms with Gasteiger partial charge in [-0.3, -0.25) is 4.68 Å². The highest BCUT2D eigenvalue weighted by atomic mass is 35.5. The Labute approximate surface area is 126 Å². The van der Waals surface area contributed by atoms with Crippen LogP contribution in [0.5, 0.6) is 0 Å². The Morgan fingerprint density at radius 3 is 2.62 bits per heavy atom. The lowest BCUT2D eigenvalue weighted by Gasteiger charge is -2.04. The third-order valence-corrected chi connectivity index (χ3v) is 3.45. The quantitative estimate of drug-likeness (QED) is 0.744. The molecule has 2 aromatic carbocycles. The van der Waals surface area contributed by atoms with E-state index in [2.05, 4.69) is 5.10 Å². The van der Waals surface area contributed by atoms with Crippen molar-refractivity contribution in [3.8, 4) is 11.1 Å². The predicted molar refractivity (Wildman–Crippen MR) is 82.6 cm³/mol. The van der Waals surface area contributed by atoms with Crippen LogP contribution in [0.25, 0.3) is 11.1 Å². The topological polar surface area (TPSA) is 43.8 Å². The van der Waals surface area contributed by atoms with Gasteiger partial charge in [0.2, 0.25) is 0 Å². The number of aromatic nitrogens is 2. The average molecular weight is 302 g/mol. The number of nitrogen functional groups attached to an aromatic ring is 1. The van der Waals surface area contributed by atoms with Gasteiger partial charge in [-0.2, -0.15) is 5.10 Å². The molecule has 1 aromatic heterocycles. The molecule has 3 aromatic rings. The van der Waals surface area contributed by atoms with Crippen LogP contribution in [-0.4, -0.2) is 9.78 Å². The molecule has 3 nitrogen and oxygen atoms in total. The van der Waals surface area contributed by atoms with E-state index in [1.54, 1.807) is 16.9 Å². The fourth-order valence-corrected chi connectivity index (χ4v) is 2.31. The van der Waals surface area contributed by atoms with E-state index in [0.717, 1.165) is 11.1 Å². The number of nitrogens with two attached hydrogens (primary N) is 1. The van der Waals surface area contributed by atoms with Crippen molar-refractivity contribution in [1.29, 1.82) is 0 Å². The first-order valence-electron chi connectivity index (χ1n) is 6.44. The van der Waals surface area contributed by atoms with Gasteiger partial charge in [0.05, 0.1) is 12.7 Å². The highest BCUT2D eigenvalue weighted by Crippen LogP contribution is 2.21. The molecule has 0 bridgehead atoms. The van der Waals surface area contributed by atoms with Crippen LogP contribution in [0.2, 0.25) is 5.02 Å². The molecular formula is C16H13ClFN3. The van der Waals surface area contributed by atoms with E-state index in [0.29, 0.717) is 22.8 Å². The molecule has 0 fully saturated rings. The van der Waals surface area contributed by atoms with E-state index in [9.17, 15) is 4.39 Å². The summed E-state index contributed by atoms with van der Waals surface area (Å²) in [4.78, 5) is 0. The van der Waals surface area contributed by atoms with E-state index >= 15 is 0 Å². The maximum absolute atomic E-state index is 13.7. The van der Waals surface area contributed by atoms with Gasteiger partial charge in [0.1, 0.15) is 5.82 Å². The van der Waals surface area contributed by atoms with Gasteiger partial charge in [-0.25, -0.2) is 4.39 Å². The minimum Gasteiger partial charge on any atom is -0.399 e. The van der Waals surface area contributed by atoms with Crippen molar-refractivity contribution in [1.82, 2.24) is 9.78 Å². The summed E-state index contributed by atoms with van der Waals surface area (Å²) in [5.41, 5.74) is 8.86. The van der Waals surface area contributed by atoms with E-state index in [-0.39, 0.29) is 5.82 Å². The molecule has 0 aliphatic heterocycles. The third-order valence-electron chi connectivity index (χ3n) is 3.22. The molecule has 0 spiro atoms. The largest absolute Gasteiger partial charge is 0.399 e. The van der Waals surface area contributed by atoms with Crippen LogP contribution in [0.15, 0.2) is 54.9 Å². The highest BCUT2D eigenvalue weighted by Gasteiger charge is 2.06. The average Bonchev–Trinajstić information content (AvgIpc) is 2.92. The Bertz CT molecular complexity index is 765. The highest BCUT2D eigenvalue weighted by molar-refractivity contribution is 6.30. The van der Waals surface area contributed by atoms with Gasteiger partial charge in [0.15, 0.2) is 0 Å². The van der Waals surface area contributed by atoms with Crippen molar-refractivity contribution in [2.24, 2.45) is 0 Å². The normalized spacial score (nSPS) is 10.8. The summed E-state index contributed by atoms with van der Waals surface area (Å²) in [6.45, 7) is 0.335. The molecule has 21 heavy (non-hydrogen) atoms. The molecule has 1 heterocycles. The molecule has 0 saturated heterocycles. The smallest absolute Gasteiger partial charge is 0.128 e. The zero-order chi connectivity index (χ0) is 14.8. The Hall–Kier alpha value is -2.33. The van der Waals surface area contributed by atoms with Crippen molar-refractivity contribution >= 4 is 17.3 Å². The molecule has 0 aliphatic carbocycles. The van der Waals surface area contributed by atoms with Crippen LogP contribution in [0, 0.1) is 5.82 Å². The Morgan fingerprint density at radius 2 is 1.86 bits per heavy atom. The van der Waals surface area contributed by atoms with Gasteiger partial charge < -0.3 is 5.73 Å². The number of halogens is 2. The number of nitrogens with zero attached hydrogens (tertiary/aromatic N) is 2. The van der Waals surface area contributed by atoms with Crippen LogP contribution in [0.3, 0.4) is 0 Å². The van der Waals surface area contributed by atoms with Gasteiger partial charge in [0.25, 0.3) is 0 Å². The number of anilines is 1. The van der Waals surface area contributed by atoms with E-state index in [1.165, 1.54) is 12.1 Å². The first-order chi connectivity index (χ1) is 10.1.